The van der Waals surface area contributed by atoms with Crippen LogP contribution in [-0.4, -0.2) is 0 Å². The summed E-state index contributed by atoms with van der Waals surface area (Å²) in [5.41, 5.74) is 5.76. The molecule has 2 aromatic carbocycles. The van der Waals surface area contributed by atoms with Crippen LogP contribution >= 0.6 is 0 Å². The average molecular weight is 223 g/mol. The number of nitrogen functional groups attached to an aromatic ring is 1. The average Bonchev–Trinajstić information content (AvgIpc) is 2.19. The van der Waals surface area contributed by atoms with Crippen molar-refractivity contribution in [2.24, 2.45) is 0 Å². The maximum absolute atomic E-state index is 13.4. The van der Waals surface area contributed by atoms with Crippen LogP contribution in [-0.2, 0) is 0 Å². The first-order chi connectivity index (χ1) is 7.59. The van der Waals surface area contributed by atoms with Crippen LogP contribution in [0.15, 0.2) is 36.4 Å². The molecule has 0 unspecified atom stereocenters. The number of rotatable bonds is 1. The molecule has 1 nitrogen and oxygen atoms in total. The number of para-hydroxylation sites is 1. The molecule has 0 spiro atoms. The Morgan fingerprint density at radius 1 is 0.875 bits per heavy atom. The molecular weight excluding hydrogens is 215 g/mol. The minimum Gasteiger partial charge on any atom is -0.398 e. The monoisotopic (exact) mass is 223 g/mol. The molecule has 0 aliphatic rings. The fourth-order valence-electron chi connectivity index (χ4n) is 1.52. The van der Waals surface area contributed by atoms with E-state index in [0.717, 1.165) is 0 Å². The van der Waals surface area contributed by atoms with Gasteiger partial charge < -0.3 is 5.73 Å². The van der Waals surface area contributed by atoms with E-state index in [2.05, 4.69) is 0 Å². The number of halogens is 3. The summed E-state index contributed by atoms with van der Waals surface area (Å²) in [5.74, 6) is -2.88. The predicted molar refractivity (Wildman–Crippen MR) is 56.2 cm³/mol. The first kappa shape index (κ1) is 10.5. The molecule has 0 amide bonds. The largest absolute Gasteiger partial charge is 0.398 e. The van der Waals surface area contributed by atoms with Crippen LogP contribution in [0.5, 0.6) is 0 Å². The van der Waals surface area contributed by atoms with E-state index in [-0.39, 0.29) is 16.8 Å². The SMILES string of the molecule is Nc1ccccc1-c1c(F)cc(F)cc1F. The second-order valence-corrected chi connectivity index (χ2v) is 3.33. The van der Waals surface area contributed by atoms with Gasteiger partial charge in [0, 0.05) is 23.4 Å². The fraction of sp³-hybridized carbons (Fsp3) is 0. The lowest BCUT2D eigenvalue weighted by Gasteiger charge is -2.08. The summed E-state index contributed by atoms with van der Waals surface area (Å²) in [6, 6.07) is 7.52. The first-order valence-electron chi connectivity index (χ1n) is 4.59. The Morgan fingerprint density at radius 3 is 2.00 bits per heavy atom. The van der Waals surface area contributed by atoms with Gasteiger partial charge >= 0.3 is 0 Å². The Balaban J connectivity index is 2.70. The van der Waals surface area contributed by atoms with E-state index in [9.17, 15) is 13.2 Å². The molecule has 0 aliphatic heterocycles. The third-order valence-electron chi connectivity index (χ3n) is 2.24. The molecule has 16 heavy (non-hydrogen) atoms. The molecule has 4 heteroatoms. The Morgan fingerprint density at radius 2 is 1.44 bits per heavy atom. The van der Waals surface area contributed by atoms with Gasteiger partial charge in [-0.2, -0.15) is 0 Å². The van der Waals surface area contributed by atoms with Crippen molar-refractivity contribution in [1.82, 2.24) is 0 Å². The lowest BCUT2D eigenvalue weighted by molar-refractivity contribution is 0.548. The zero-order chi connectivity index (χ0) is 11.7. The van der Waals surface area contributed by atoms with Crippen LogP contribution in [0.4, 0.5) is 18.9 Å². The van der Waals surface area contributed by atoms with Gasteiger partial charge in [0.1, 0.15) is 17.5 Å². The second-order valence-electron chi connectivity index (χ2n) is 3.33. The number of nitrogens with two attached hydrogens (primary N) is 1. The van der Waals surface area contributed by atoms with Crippen molar-refractivity contribution in [3.05, 3.63) is 53.8 Å². The van der Waals surface area contributed by atoms with Crippen LogP contribution < -0.4 is 5.73 Å². The van der Waals surface area contributed by atoms with E-state index in [1.165, 1.54) is 12.1 Å². The summed E-state index contributed by atoms with van der Waals surface area (Å²) >= 11 is 0. The van der Waals surface area contributed by atoms with Gasteiger partial charge in [0.25, 0.3) is 0 Å². The summed E-state index contributed by atoms with van der Waals surface area (Å²) in [4.78, 5) is 0. The molecule has 0 radical (unpaired) electrons. The highest BCUT2D eigenvalue weighted by Gasteiger charge is 2.15. The van der Waals surface area contributed by atoms with E-state index in [4.69, 9.17) is 5.73 Å². The Hall–Kier alpha value is -1.97. The minimum atomic E-state index is -0.963. The van der Waals surface area contributed by atoms with E-state index in [0.29, 0.717) is 12.1 Å². The summed E-state index contributed by atoms with van der Waals surface area (Å²) in [5, 5.41) is 0. The van der Waals surface area contributed by atoms with Gasteiger partial charge in [-0.05, 0) is 6.07 Å². The van der Waals surface area contributed by atoms with Gasteiger partial charge in [-0.3, -0.25) is 0 Å². The molecule has 0 heterocycles. The Labute approximate surface area is 90.3 Å². The van der Waals surface area contributed by atoms with Crippen LogP contribution in [0.1, 0.15) is 0 Å². The summed E-state index contributed by atoms with van der Waals surface area (Å²) in [7, 11) is 0. The number of anilines is 1. The van der Waals surface area contributed by atoms with Gasteiger partial charge in [0.2, 0.25) is 0 Å². The normalized spacial score (nSPS) is 10.4. The van der Waals surface area contributed by atoms with Gasteiger partial charge in [0.05, 0.1) is 5.56 Å². The van der Waals surface area contributed by atoms with E-state index in [1.807, 2.05) is 0 Å². The fourth-order valence-corrected chi connectivity index (χ4v) is 1.52. The molecule has 82 valence electrons. The lowest BCUT2D eigenvalue weighted by Crippen LogP contribution is -1.96. The van der Waals surface area contributed by atoms with Crippen molar-refractivity contribution in [2.45, 2.75) is 0 Å². The van der Waals surface area contributed by atoms with Crippen LogP contribution in [0.3, 0.4) is 0 Å². The highest BCUT2D eigenvalue weighted by atomic mass is 19.1. The third kappa shape index (κ3) is 1.74. The molecule has 0 saturated heterocycles. The smallest absolute Gasteiger partial charge is 0.136 e. The third-order valence-corrected chi connectivity index (χ3v) is 2.24. The zero-order valence-corrected chi connectivity index (χ0v) is 8.18. The Bertz CT molecular complexity index is 515. The van der Waals surface area contributed by atoms with Crippen molar-refractivity contribution in [3.8, 4) is 11.1 Å². The topological polar surface area (TPSA) is 26.0 Å². The van der Waals surface area contributed by atoms with Crippen molar-refractivity contribution in [2.75, 3.05) is 5.73 Å². The Kier molecular flexibility index (Phi) is 2.56. The molecular formula is C12H8F3N. The quantitative estimate of drug-likeness (QED) is 0.737. The standard InChI is InChI=1S/C12H8F3N/c13-7-5-9(14)12(10(15)6-7)8-3-1-2-4-11(8)16/h1-6H,16H2. The van der Waals surface area contributed by atoms with Gasteiger partial charge in [0.15, 0.2) is 0 Å². The molecule has 2 N–H and O–H groups in total. The van der Waals surface area contributed by atoms with Crippen molar-refractivity contribution in [1.29, 1.82) is 0 Å². The van der Waals surface area contributed by atoms with E-state index >= 15 is 0 Å². The van der Waals surface area contributed by atoms with E-state index in [1.54, 1.807) is 12.1 Å². The van der Waals surface area contributed by atoms with Crippen molar-refractivity contribution in [3.63, 3.8) is 0 Å². The first-order valence-corrected chi connectivity index (χ1v) is 4.59. The van der Waals surface area contributed by atoms with Crippen LogP contribution in [0.25, 0.3) is 11.1 Å². The van der Waals surface area contributed by atoms with Crippen LogP contribution in [0.2, 0.25) is 0 Å². The maximum atomic E-state index is 13.4. The van der Waals surface area contributed by atoms with Gasteiger partial charge in [-0.1, -0.05) is 18.2 Å². The lowest BCUT2D eigenvalue weighted by atomic mass is 10.0. The molecule has 0 saturated carbocycles. The van der Waals surface area contributed by atoms with Crippen LogP contribution in [0, 0.1) is 17.5 Å². The minimum absolute atomic E-state index is 0.220. The van der Waals surface area contributed by atoms with Gasteiger partial charge in [-0.25, -0.2) is 13.2 Å². The van der Waals surface area contributed by atoms with Crippen molar-refractivity contribution >= 4 is 5.69 Å². The summed E-state index contributed by atoms with van der Waals surface area (Å²) in [6.45, 7) is 0. The van der Waals surface area contributed by atoms with E-state index < -0.39 is 17.5 Å². The predicted octanol–water partition coefficient (Wildman–Crippen LogP) is 3.35. The molecule has 2 aromatic rings. The number of hydrogen-bond donors (Lipinski definition) is 1. The molecule has 0 aromatic heterocycles. The maximum Gasteiger partial charge on any atom is 0.136 e. The zero-order valence-electron chi connectivity index (χ0n) is 8.18. The summed E-state index contributed by atoms with van der Waals surface area (Å²) < 4.78 is 39.6. The molecule has 0 atom stereocenters. The highest BCUT2D eigenvalue weighted by molar-refractivity contribution is 5.76. The molecule has 2 rings (SSSR count). The van der Waals surface area contributed by atoms with Gasteiger partial charge in [-0.15, -0.1) is 0 Å². The molecule has 0 bridgehead atoms. The summed E-state index contributed by atoms with van der Waals surface area (Å²) in [6.07, 6.45) is 0. The highest BCUT2D eigenvalue weighted by Crippen LogP contribution is 2.30. The second kappa shape index (κ2) is 3.89. The number of hydrogen-bond acceptors (Lipinski definition) is 1. The van der Waals surface area contributed by atoms with Crippen molar-refractivity contribution < 1.29 is 13.2 Å². The number of benzene rings is 2. The molecule has 0 fully saturated rings. The molecule has 0 aliphatic carbocycles.